The van der Waals surface area contributed by atoms with Crippen molar-refractivity contribution in [1.29, 1.82) is 0 Å². The summed E-state index contributed by atoms with van der Waals surface area (Å²) in [5.41, 5.74) is 7.03. The smallest absolute Gasteiger partial charge is 0.254 e. The molecule has 96 valence electrons. The first-order chi connectivity index (χ1) is 8.63. The molecular formula is C13H15BrN2O2. The fourth-order valence-electron chi connectivity index (χ4n) is 2.21. The van der Waals surface area contributed by atoms with E-state index in [2.05, 4.69) is 15.9 Å². The monoisotopic (exact) mass is 310 g/mol. The minimum atomic E-state index is -0.451. The standard InChI is InChI=1S/C13H15BrN2O2/c14-8-9-3-5-10(6-4-9)13(18)16-7-1-2-11(16)12(15)17/h3-6,11H,1-2,7-8H2,(H2,15,17). The first kappa shape index (κ1) is 13.1. The van der Waals surface area contributed by atoms with Crippen LogP contribution in [0.5, 0.6) is 0 Å². The number of rotatable bonds is 3. The number of primary amides is 1. The van der Waals surface area contributed by atoms with Crippen molar-refractivity contribution in [2.75, 3.05) is 6.54 Å². The van der Waals surface area contributed by atoms with E-state index in [4.69, 9.17) is 5.73 Å². The van der Waals surface area contributed by atoms with Crippen LogP contribution < -0.4 is 5.73 Å². The van der Waals surface area contributed by atoms with Crippen molar-refractivity contribution >= 4 is 27.7 Å². The van der Waals surface area contributed by atoms with Gasteiger partial charge in [0, 0.05) is 17.4 Å². The summed E-state index contributed by atoms with van der Waals surface area (Å²) < 4.78 is 0. The van der Waals surface area contributed by atoms with Crippen LogP contribution in [0, 0.1) is 0 Å². The molecule has 2 rings (SSSR count). The molecule has 0 spiro atoms. The number of carbonyl (C=O) groups is 2. The lowest BCUT2D eigenvalue weighted by molar-refractivity contribution is -0.121. The molecule has 1 unspecified atom stereocenters. The molecule has 0 aromatic heterocycles. The Bertz CT molecular complexity index is 459. The van der Waals surface area contributed by atoms with Crippen LogP contribution in [0.15, 0.2) is 24.3 Å². The van der Waals surface area contributed by atoms with Crippen LogP contribution in [0.1, 0.15) is 28.8 Å². The second-order valence-corrected chi connectivity index (χ2v) is 4.95. The van der Waals surface area contributed by atoms with Crippen LogP contribution in [-0.2, 0) is 10.1 Å². The average molecular weight is 311 g/mol. The molecule has 1 aliphatic heterocycles. The van der Waals surface area contributed by atoms with Crippen molar-refractivity contribution < 1.29 is 9.59 Å². The fraction of sp³-hybridized carbons (Fsp3) is 0.385. The Labute approximate surface area is 114 Å². The van der Waals surface area contributed by atoms with E-state index in [0.29, 0.717) is 18.5 Å². The lowest BCUT2D eigenvalue weighted by Gasteiger charge is -2.22. The lowest BCUT2D eigenvalue weighted by Crippen LogP contribution is -2.43. The van der Waals surface area contributed by atoms with Gasteiger partial charge >= 0.3 is 0 Å². The molecule has 1 saturated heterocycles. The number of nitrogens with two attached hydrogens (primary N) is 1. The van der Waals surface area contributed by atoms with E-state index < -0.39 is 11.9 Å². The maximum Gasteiger partial charge on any atom is 0.254 e. The van der Waals surface area contributed by atoms with Gasteiger partial charge in [-0.1, -0.05) is 28.1 Å². The molecule has 5 heteroatoms. The Morgan fingerprint density at radius 2 is 2.00 bits per heavy atom. The van der Waals surface area contributed by atoms with Gasteiger partial charge in [-0.15, -0.1) is 0 Å². The zero-order valence-corrected chi connectivity index (χ0v) is 11.5. The largest absolute Gasteiger partial charge is 0.368 e. The van der Waals surface area contributed by atoms with E-state index in [0.717, 1.165) is 17.3 Å². The van der Waals surface area contributed by atoms with Crippen molar-refractivity contribution in [3.63, 3.8) is 0 Å². The van der Waals surface area contributed by atoms with E-state index in [-0.39, 0.29) is 5.91 Å². The van der Waals surface area contributed by atoms with Gasteiger partial charge in [-0.05, 0) is 30.5 Å². The van der Waals surface area contributed by atoms with Gasteiger partial charge in [0.1, 0.15) is 6.04 Å². The van der Waals surface area contributed by atoms with E-state index in [1.54, 1.807) is 17.0 Å². The molecule has 18 heavy (non-hydrogen) atoms. The van der Waals surface area contributed by atoms with Gasteiger partial charge in [-0.25, -0.2) is 0 Å². The first-order valence-corrected chi connectivity index (χ1v) is 7.01. The number of amides is 2. The number of alkyl halides is 1. The SMILES string of the molecule is NC(=O)C1CCCN1C(=O)c1ccc(CBr)cc1. The van der Waals surface area contributed by atoms with Crippen LogP contribution in [0.25, 0.3) is 0 Å². The minimum absolute atomic E-state index is 0.113. The van der Waals surface area contributed by atoms with Gasteiger partial charge in [-0.2, -0.15) is 0 Å². The molecule has 0 aliphatic carbocycles. The summed E-state index contributed by atoms with van der Waals surface area (Å²) in [6.45, 7) is 0.604. The Balaban J connectivity index is 2.17. The zero-order chi connectivity index (χ0) is 13.1. The van der Waals surface area contributed by atoms with Crippen LogP contribution >= 0.6 is 15.9 Å². The molecule has 2 N–H and O–H groups in total. The van der Waals surface area contributed by atoms with E-state index >= 15 is 0 Å². The third kappa shape index (κ3) is 2.56. The Morgan fingerprint density at radius 1 is 1.33 bits per heavy atom. The molecule has 1 aromatic carbocycles. The molecule has 1 atom stereocenters. The van der Waals surface area contributed by atoms with Crippen molar-refractivity contribution in [3.05, 3.63) is 35.4 Å². The Hall–Kier alpha value is -1.36. The summed E-state index contributed by atoms with van der Waals surface area (Å²) in [5, 5.41) is 0.759. The second kappa shape index (κ2) is 5.52. The molecule has 1 fully saturated rings. The van der Waals surface area contributed by atoms with Gasteiger partial charge < -0.3 is 10.6 Å². The van der Waals surface area contributed by atoms with E-state index in [1.807, 2.05) is 12.1 Å². The van der Waals surface area contributed by atoms with Gasteiger partial charge in [0.2, 0.25) is 5.91 Å². The van der Waals surface area contributed by atoms with Crippen LogP contribution in [0.2, 0.25) is 0 Å². The van der Waals surface area contributed by atoms with Gasteiger partial charge in [-0.3, -0.25) is 9.59 Å². The first-order valence-electron chi connectivity index (χ1n) is 5.88. The van der Waals surface area contributed by atoms with Crippen LogP contribution in [0.3, 0.4) is 0 Å². The number of likely N-dealkylation sites (tertiary alicyclic amines) is 1. The number of carbonyl (C=O) groups excluding carboxylic acids is 2. The third-order valence-electron chi connectivity index (χ3n) is 3.20. The van der Waals surface area contributed by atoms with Crippen LogP contribution in [0.4, 0.5) is 0 Å². The zero-order valence-electron chi connectivity index (χ0n) is 9.93. The molecule has 1 heterocycles. The minimum Gasteiger partial charge on any atom is -0.368 e. The number of hydrogen-bond donors (Lipinski definition) is 1. The maximum atomic E-state index is 12.3. The number of halogens is 1. The highest BCUT2D eigenvalue weighted by Gasteiger charge is 2.32. The summed E-state index contributed by atoms with van der Waals surface area (Å²) in [4.78, 5) is 25.1. The average Bonchev–Trinajstić information content (AvgIpc) is 2.87. The quantitative estimate of drug-likeness (QED) is 0.863. The third-order valence-corrected chi connectivity index (χ3v) is 3.84. The van der Waals surface area contributed by atoms with Crippen molar-refractivity contribution in [2.24, 2.45) is 5.73 Å². The Morgan fingerprint density at radius 3 is 2.56 bits per heavy atom. The molecule has 2 amide bonds. The number of nitrogens with zero attached hydrogens (tertiary/aromatic N) is 1. The summed E-state index contributed by atoms with van der Waals surface area (Å²) >= 11 is 3.36. The second-order valence-electron chi connectivity index (χ2n) is 4.39. The summed E-state index contributed by atoms with van der Waals surface area (Å²) in [6.07, 6.45) is 1.50. The van der Waals surface area contributed by atoms with E-state index in [1.165, 1.54) is 0 Å². The molecular weight excluding hydrogens is 296 g/mol. The summed E-state index contributed by atoms with van der Waals surface area (Å²) in [6, 6.07) is 6.92. The fourth-order valence-corrected chi connectivity index (χ4v) is 2.58. The highest BCUT2D eigenvalue weighted by atomic mass is 79.9. The molecule has 0 bridgehead atoms. The van der Waals surface area contributed by atoms with Crippen molar-refractivity contribution in [2.45, 2.75) is 24.2 Å². The highest BCUT2D eigenvalue weighted by molar-refractivity contribution is 9.08. The molecule has 0 radical (unpaired) electrons. The lowest BCUT2D eigenvalue weighted by atomic mass is 10.1. The van der Waals surface area contributed by atoms with Crippen molar-refractivity contribution in [1.82, 2.24) is 4.90 Å². The van der Waals surface area contributed by atoms with Gasteiger partial charge in [0.15, 0.2) is 0 Å². The van der Waals surface area contributed by atoms with Gasteiger partial charge in [0.05, 0.1) is 0 Å². The number of hydrogen-bond acceptors (Lipinski definition) is 2. The molecule has 0 saturated carbocycles. The predicted molar refractivity (Wildman–Crippen MR) is 72.3 cm³/mol. The highest BCUT2D eigenvalue weighted by Crippen LogP contribution is 2.20. The summed E-state index contributed by atoms with van der Waals surface area (Å²) in [7, 11) is 0. The molecule has 4 nitrogen and oxygen atoms in total. The Kier molecular flexibility index (Phi) is 4.01. The molecule has 1 aromatic rings. The topological polar surface area (TPSA) is 63.4 Å². The van der Waals surface area contributed by atoms with Crippen LogP contribution in [-0.4, -0.2) is 29.3 Å². The number of benzene rings is 1. The normalized spacial score (nSPS) is 18.9. The molecule has 1 aliphatic rings. The van der Waals surface area contributed by atoms with Gasteiger partial charge in [0.25, 0.3) is 5.91 Å². The summed E-state index contributed by atoms with van der Waals surface area (Å²) in [5.74, 6) is -0.532. The van der Waals surface area contributed by atoms with Crippen molar-refractivity contribution in [3.8, 4) is 0 Å². The van der Waals surface area contributed by atoms with E-state index in [9.17, 15) is 9.59 Å². The predicted octanol–water partition coefficient (Wildman–Crippen LogP) is 1.67. The maximum absolute atomic E-state index is 12.3.